The first-order valence-electron chi connectivity index (χ1n) is 12.8. The summed E-state index contributed by atoms with van der Waals surface area (Å²) in [5.74, 6) is -0.0591. The topological polar surface area (TPSA) is 105 Å². The van der Waals surface area contributed by atoms with Crippen molar-refractivity contribution in [1.29, 1.82) is 0 Å². The molecule has 36 heavy (non-hydrogen) atoms. The number of ether oxygens (including phenoxy) is 1. The number of benzene rings is 2. The number of carboxylic acids is 1. The minimum Gasteiger partial charge on any atom is -0.480 e. The number of hydrogen-bond donors (Lipinski definition) is 3. The van der Waals surface area contributed by atoms with Crippen molar-refractivity contribution >= 4 is 5.97 Å². The van der Waals surface area contributed by atoms with Gasteiger partial charge in [-0.15, -0.1) is 0 Å². The summed E-state index contributed by atoms with van der Waals surface area (Å²) < 4.78 is 7.45. The standard InChI is InChI=1S/C29H36N2O5/c32-18-25(33)15-16-26-28(23-7-3-1-4-8-23)29(24-9-5-2-6-10-24)30-31(26)17-21-11-13-22(14-12-21)19-36-20-27(34)35/h1-10,21-22,25,32-33H,11-20H2,(H,34,35)/t21-,22+,25-/m0/s1. The molecule has 192 valence electrons. The molecule has 7 heteroatoms. The van der Waals surface area contributed by atoms with E-state index in [1.54, 1.807) is 0 Å². The number of nitrogens with zero attached hydrogens (tertiary/aromatic N) is 2. The molecule has 1 aromatic heterocycles. The maximum absolute atomic E-state index is 10.7. The van der Waals surface area contributed by atoms with Crippen molar-refractivity contribution in [2.45, 2.75) is 51.2 Å². The van der Waals surface area contributed by atoms with Crippen molar-refractivity contribution in [2.24, 2.45) is 11.8 Å². The minimum atomic E-state index is -0.926. The molecule has 0 saturated heterocycles. The van der Waals surface area contributed by atoms with Gasteiger partial charge < -0.3 is 20.1 Å². The van der Waals surface area contributed by atoms with Crippen LogP contribution in [0.1, 0.15) is 37.8 Å². The molecular weight excluding hydrogens is 456 g/mol. The van der Waals surface area contributed by atoms with Gasteiger partial charge in [0.25, 0.3) is 0 Å². The van der Waals surface area contributed by atoms with Gasteiger partial charge in [0.2, 0.25) is 0 Å². The third-order valence-electron chi connectivity index (χ3n) is 7.07. The summed E-state index contributed by atoms with van der Waals surface area (Å²) in [4.78, 5) is 10.7. The predicted molar refractivity (Wildman–Crippen MR) is 138 cm³/mol. The summed E-state index contributed by atoms with van der Waals surface area (Å²) in [5, 5.41) is 33.5. The zero-order chi connectivity index (χ0) is 25.3. The van der Waals surface area contributed by atoms with E-state index < -0.39 is 12.1 Å². The van der Waals surface area contributed by atoms with Crippen LogP contribution in [0.4, 0.5) is 0 Å². The Hall–Kier alpha value is -3.00. The average Bonchev–Trinajstić information content (AvgIpc) is 3.27. The van der Waals surface area contributed by atoms with Gasteiger partial charge in [-0.2, -0.15) is 5.10 Å². The number of rotatable bonds is 12. The molecule has 0 radical (unpaired) electrons. The number of carbonyl (C=O) groups is 1. The lowest BCUT2D eigenvalue weighted by atomic mass is 9.82. The fourth-order valence-electron chi connectivity index (χ4n) is 5.14. The molecule has 1 fully saturated rings. The molecule has 0 spiro atoms. The van der Waals surface area contributed by atoms with Crippen LogP contribution in [0.3, 0.4) is 0 Å². The smallest absolute Gasteiger partial charge is 0.329 e. The molecule has 0 aliphatic heterocycles. The molecule has 3 aromatic rings. The number of aliphatic carboxylic acids is 1. The Kier molecular flexibility index (Phi) is 9.28. The molecule has 4 rings (SSSR count). The van der Waals surface area contributed by atoms with E-state index in [2.05, 4.69) is 28.9 Å². The molecule has 0 bridgehead atoms. The summed E-state index contributed by atoms with van der Waals surface area (Å²) in [5.41, 5.74) is 5.25. The summed E-state index contributed by atoms with van der Waals surface area (Å²) in [6.07, 6.45) is 4.43. The van der Waals surface area contributed by atoms with E-state index in [1.165, 1.54) is 0 Å². The second-order valence-electron chi connectivity index (χ2n) is 9.76. The van der Waals surface area contributed by atoms with E-state index in [4.69, 9.17) is 14.9 Å². The van der Waals surface area contributed by atoms with Crippen LogP contribution in [0.2, 0.25) is 0 Å². The van der Waals surface area contributed by atoms with Crippen LogP contribution in [0.5, 0.6) is 0 Å². The molecule has 1 saturated carbocycles. The molecule has 7 nitrogen and oxygen atoms in total. The van der Waals surface area contributed by atoms with Gasteiger partial charge in [-0.05, 0) is 55.9 Å². The zero-order valence-electron chi connectivity index (χ0n) is 20.6. The van der Waals surface area contributed by atoms with Crippen LogP contribution in [0.15, 0.2) is 60.7 Å². The van der Waals surface area contributed by atoms with Crippen molar-refractivity contribution in [1.82, 2.24) is 9.78 Å². The van der Waals surface area contributed by atoms with Crippen LogP contribution in [0.25, 0.3) is 22.4 Å². The monoisotopic (exact) mass is 492 g/mol. The number of aliphatic hydroxyl groups is 2. The largest absolute Gasteiger partial charge is 0.480 e. The van der Waals surface area contributed by atoms with E-state index in [1.807, 2.05) is 36.4 Å². The summed E-state index contributed by atoms with van der Waals surface area (Å²) >= 11 is 0. The number of aromatic nitrogens is 2. The van der Waals surface area contributed by atoms with Crippen LogP contribution < -0.4 is 0 Å². The molecule has 0 amide bonds. The van der Waals surface area contributed by atoms with E-state index in [-0.39, 0.29) is 13.2 Å². The number of carboxylic acid groups (broad SMARTS) is 1. The Labute approximate surface area is 212 Å². The lowest BCUT2D eigenvalue weighted by Gasteiger charge is -2.28. The quantitative estimate of drug-likeness (QED) is 0.346. The Morgan fingerprint density at radius 2 is 1.58 bits per heavy atom. The van der Waals surface area contributed by atoms with E-state index in [9.17, 15) is 15.0 Å². The van der Waals surface area contributed by atoms with Gasteiger partial charge in [0, 0.05) is 23.4 Å². The first kappa shape index (κ1) is 26.1. The van der Waals surface area contributed by atoms with Gasteiger partial charge in [-0.1, -0.05) is 60.7 Å². The Morgan fingerprint density at radius 1 is 0.972 bits per heavy atom. The van der Waals surface area contributed by atoms with Crippen molar-refractivity contribution < 1.29 is 24.9 Å². The first-order valence-corrected chi connectivity index (χ1v) is 12.8. The summed E-state index contributed by atoms with van der Waals surface area (Å²) in [7, 11) is 0. The van der Waals surface area contributed by atoms with Gasteiger partial charge in [-0.3, -0.25) is 4.68 Å². The SMILES string of the molecule is O=C(O)COC[C@H]1CC[C@@H](Cn2nc(-c3ccccc3)c(-c3ccccc3)c2CC[C@H](O)CO)CC1. The minimum absolute atomic E-state index is 0.235. The van der Waals surface area contributed by atoms with Gasteiger partial charge in [0.05, 0.1) is 19.3 Å². The van der Waals surface area contributed by atoms with E-state index in [0.717, 1.165) is 60.3 Å². The van der Waals surface area contributed by atoms with Crippen LogP contribution in [-0.4, -0.2) is 57.0 Å². The second kappa shape index (κ2) is 12.8. The molecule has 3 N–H and O–H groups in total. The summed E-state index contributed by atoms with van der Waals surface area (Å²) in [6.45, 7) is 0.802. The highest BCUT2D eigenvalue weighted by Crippen LogP contribution is 2.37. The van der Waals surface area contributed by atoms with Crippen molar-refractivity contribution in [3.05, 3.63) is 66.4 Å². The lowest BCUT2D eigenvalue weighted by Crippen LogP contribution is -2.24. The van der Waals surface area contributed by atoms with Crippen molar-refractivity contribution in [3.8, 4) is 22.4 Å². The second-order valence-corrected chi connectivity index (χ2v) is 9.76. The highest BCUT2D eigenvalue weighted by Gasteiger charge is 2.26. The Balaban J connectivity index is 1.60. The predicted octanol–water partition coefficient (Wildman–Crippen LogP) is 4.41. The molecule has 1 heterocycles. The van der Waals surface area contributed by atoms with E-state index in [0.29, 0.717) is 31.3 Å². The molecular formula is C29H36N2O5. The normalized spacial score (nSPS) is 18.7. The van der Waals surface area contributed by atoms with Crippen LogP contribution >= 0.6 is 0 Å². The van der Waals surface area contributed by atoms with Crippen LogP contribution in [-0.2, 0) is 22.5 Å². The average molecular weight is 493 g/mol. The van der Waals surface area contributed by atoms with Gasteiger partial charge in [0.1, 0.15) is 12.3 Å². The molecule has 2 aromatic carbocycles. The maximum Gasteiger partial charge on any atom is 0.329 e. The fourth-order valence-corrected chi connectivity index (χ4v) is 5.14. The molecule has 0 unspecified atom stereocenters. The summed E-state index contributed by atoms with van der Waals surface area (Å²) in [6, 6.07) is 20.5. The third kappa shape index (κ3) is 6.81. The van der Waals surface area contributed by atoms with E-state index >= 15 is 0 Å². The van der Waals surface area contributed by atoms with Gasteiger partial charge >= 0.3 is 5.97 Å². The molecule has 1 atom stereocenters. The number of hydrogen-bond acceptors (Lipinski definition) is 5. The highest BCUT2D eigenvalue weighted by molar-refractivity contribution is 5.82. The lowest BCUT2D eigenvalue weighted by molar-refractivity contribution is -0.142. The van der Waals surface area contributed by atoms with Crippen LogP contribution in [0, 0.1) is 11.8 Å². The Bertz CT molecular complexity index is 1090. The third-order valence-corrected chi connectivity index (χ3v) is 7.07. The maximum atomic E-state index is 10.7. The highest BCUT2D eigenvalue weighted by atomic mass is 16.5. The zero-order valence-corrected chi connectivity index (χ0v) is 20.6. The molecule has 1 aliphatic carbocycles. The van der Waals surface area contributed by atoms with Gasteiger partial charge in [-0.25, -0.2) is 4.79 Å². The van der Waals surface area contributed by atoms with Crippen molar-refractivity contribution in [3.63, 3.8) is 0 Å². The van der Waals surface area contributed by atoms with Gasteiger partial charge in [0.15, 0.2) is 0 Å². The fraction of sp³-hybridized carbons (Fsp3) is 0.448. The first-order chi connectivity index (χ1) is 17.5. The van der Waals surface area contributed by atoms with Crippen molar-refractivity contribution in [2.75, 3.05) is 19.8 Å². The number of aliphatic hydroxyl groups excluding tert-OH is 2. The Morgan fingerprint density at radius 3 is 2.19 bits per heavy atom. The molecule has 1 aliphatic rings.